The van der Waals surface area contributed by atoms with Gasteiger partial charge >= 0.3 is 0 Å². The van der Waals surface area contributed by atoms with Gasteiger partial charge in [0, 0.05) is 18.5 Å². The zero-order chi connectivity index (χ0) is 14.8. The second kappa shape index (κ2) is 6.46. The maximum Gasteiger partial charge on any atom is 0.223 e. The highest BCUT2D eigenvalue weighted by Gasteiger charge is 2.33. The Bertz CT molecular complexity index is 326. The highest BCUT2D eigenvalue weighted by Crippen LogP contribution is 2.39. The van der Waals surface area contributed by atoms with Gasteiger partial charge in [-0.15, -0.1) is 0 Å². The van der Waals surface area contributed by atoms with E-state index in [9.17, 15) is 4.79 Å². The fraction of sp³-hybridized carbons (Fsp3) is 0.941. The number of nitrogens with one attached hydrogen (secondary N) is 2. The number of carbonyl (C=O) groups excluding carboxylic acids is 1. The molecule has 2 unspecified atom stereocenters. The lowest BCUT2D eigenvalue weighted by Crippen LogP contribution is -2.50. The molecule has 20 heavy (non-hydrogen) atoms. The molecule has 2 rings (SSSR count). The predicted octanol–water partition coefficient (Wildman–Crippen LogP) is 2.95. The van der Waals surface area contributed by atoms with Gasteiger partial charge in [0.05, 0.1) is 0 Å². The van der Waals surface area contributed by atoms with Crippen LogP contribution in [0.15, 0.2) is 0 Å². The monoisotopic (exact) mass is 280 g/mol. The van der Waals surface area contributed by atoms with Gasteiger partial charge < -0.3 is 10.6 Å². The summed E-state index contributed by atoms with van der Waals surface area (Å²) in [5.74, 6) is 2.01. The SMILES string of the molecule is CC1CNCC(NC(=O)C2CCC(C(C)(C)C)CC2)C1. The molecule has 1 saturated carbocycles. The van der Waals surface area contributed by atoms with Crippen molar-refractivity contribution in [3.63, 3.8) is 0 Å². The summed E-state index contributed by atoms with van der Waals surface area (Å²) < 4.78 is 0. The van der Waals surface area contributed by atoms with Gasteiger partial charge in [0.15, 0.2) is 0 Å². The third kappa shape index (κ3) is 4.21. The Morgan fingerprint density at radius 1 is 1.10 bits per heavy atom. The minimum atomic E-state index is 0.255. The third-order valence-corrected chi connectivity index (χ3v) is 5.24. The van der Waals surface area contributed by atoms with Gasteiger partial charge in [-0.05, 0) is 55.9 Å². The molecule has 3 nitrogen and oxygen atoms in total. The van der Waals surface area contributed by atoms with Gasteiger partial charge in [0.1, 0.15) is 0 Å². The van der Waals surface area contributed by atoms with E-state index in [2.05, 4.69) is 38.3 Å². The molecule has 0 aromatic carbocycles. The van der Waals surface area contributed by atoms with Crippen LogP contribution in [0.5, 0.6) is 0 Å². The lowest BCUT2D eigenvalue weighted by atomic mass is 9.69. The molecule has 1 amide bonds. The molecular weight excluding hydrogens is 248 g/mol. The van der Waals surface area contributed by atoms with Crippen molar-refractivity contribution in [3.05, 3.63) is 0 Å². The summed E-state index contributed by atoms with van der Waals surface area (Å²) in [5.41, 5.74) is 0.393. The number of hydrogen-bond donors (Lipinski definition) is 2. The maximum absolute atomic E-state index is 12.4. The van der Waals surface area contributed by atoms with Crippen LogP contribution < -0.4 is 10.6 Å². The van der Waals surface area contributed by atoms with Crippen molar-refractivity contribution in [1.82, 2.24) is 10.6 Å². The molecule has 2 N–H and O–H groups in total. The molecule has 2 atom stereocenters. The predicted molar refractivity (Wildman–Crippen MR) is 83.5 cm³/mol. The van der Waals surface area contributed by atoms with Gasteiger partial charge in [-0.25, -0.2) is 0 Å². The average Bonchev–Trinajstić information content (AvgIpc) is 2.38. The maximum atomic E-state index is 12.4. The molecule has 3 heteroatoms. The Kier molecular flexibility index (Phi) is 5.11. The number of hydrogen-bond acceptors (Lipinski definition) is 2. The molecule has 2 fully saturated rings. The van der Waals surface area contributed by atoms with E-state index >= 15 is 0 Å². The Morgan fingerprint density at radius 2 is 1.75 bits per heavy atom. The topological polar surface area (TPSA) is 41.1 Å². The van der Waals surface area contributed by atoms with Crippen molar-refractivity contribution in [2.45, 2.75) is 65.8 Å². The van der Waals surface area contributed by atoms with Gasteiger partial charge in [-0.3, -0.25) is 4.79 Å². The highest BCUT2D eigenvalue weighted by molar-refractivity contribution is 5.79. The lowest BCUT2D eigenvalue weighted by molar-refractivity contribution is -0.127. The molecule has 1 aliphatic heterocycles. The van der Waals surface area contributed by atoms with Gasteiger partial charge in [-0.1, -0.05) is 27.7 Å². The Morgan fingerprint density at radius 3 is 2.30 bits per heavy atom. The van der Waals surface area contributed by atoms with Crippen molar-refractivity contribution < 1.29 is 4.79 Å². The van der Waals surface area contributed by atoms with Crippen LogP contribution in [0.3, 0.4) is 0 Å². The number of carbonyl (C=O) groups is 1. The summed E-state index contributed by atoms with van der Waals surface area (Å²) in [7, 11) is 0. The normalized spacial score (nSPS) is 35.6. The Hall–Kier alpha value is -0.570. The molecule has 0 aromatic rings. The molecule has 0 aromatic heterocycles. The zero-order valence-corrected chi connectivity index (χ0v) is 13.7. The smallest absolute Gasteiger partial charge is 0.223 e. The molecular formula is C17H32N2O. The van der Waals surface area contributed by atoms with Crippen molar-refractivity contribution >= 4 is 5.91 Å². The molecule has 1 heterocycles. The van der Waals surface area contributed by atoms with Crippen molar-refractivity contribution in [2.75, 3.05) is 13.1 Å². The van der Waals surface area contributed by atoms with Crippen molar-refractivity contribution in [3.8, 4) is 0 Å². The van der Waals surface area contributed by atoms with Crippen LogP contribution in [0.2, 0.25) is 0 Å². The van der Waals surface area contributed by atoms with Crippen LogP contribution in [0.1, 0.15) is 59.8 Å². The summed E-state index contributed by atoms with van der Waals surface area (Å²) in [4.78, 5) is 12.4. The number of piperidine rings is 1. The summed E-state index contributed by atoms with van der Waals surface area (Å²) in [6.45, 7) is 11.3. The van der Waals surface area contributed by atoms with E-state index in [1.165, 1.54) is 12.8 Å². The van der Waals surface area contributed by atoms with Crippen LogP contribution in [0.4, 0.5) is 0 Å². The fourth-order valence-electron chi connectivity index (χ4n) is 3.81. The number of amides is 1. The van der Waals surface area contributed by atoms with E-state index in [1.54, 1.807) is 0 Å². The minimum absolute atomic E-state index is 0.255. The number of rotatable bonds is 2. The van der Waals surface area contributed by atoms with Crippen LogP contribution >= 0.6 is 0 Å². The van der Waals surface area contributed by atoms with E-state index < -0.39 is 0 Å². The molecule has 0 spiro atoms. The largest absolute Gasteiger partial charge is 0.352 e. The first kappa shape index (κ1) is 15.8. The molecule has 116 valence electrons. The molecule has 0 radical (unpaired) electrons. The van der Waals surface area contributed by atoms with Crippen LogP contribution in [-0.4, -0.2) is 25.0 Å². The summed E-state index contributed by atoms with van der Waals surface area (Å²) in [6, 6.07) is 0.339. The summed E-state index contributed by atoms with van der Waals surface area (Å²) >= 11 is 0. The van der Waals surface area contributed by atoms with E-state index in [4.69, 9.17) is 0 Å². The molecule has 1 aliphatic carbocycles. The molecule has 2 aliphatic rings. The Labute approximate surface area is 124 Å². The van der Waals surface area contributed by atoms with E-state index in [1.807, 2.05) is 0 Å². The van der Waals surface area contributed by atoms with Crippen molar-refractivity contribution in [2.24, 2.45) is 23.2 Å². The van der Waals surface area contributed by atoms with Crippen LogP contribution in [0, 0.1) is 23.2 Å². The quantitative estimate of drug-likeness (QED) is 0.816. The van der Waals surface area contributed by atoms with Crippen LogP contribution in [0.25, 0.3) is 0 Å². The highest BCUT2D eigenvalue weighted by atomic mass is 16.1. The average molecular weight is 280 g/mol. The van der Waals surface area contributed by atoms with Gasteiger partial charge in [0.2, 0.25) is 5.91 Å². The zero-order valence-electron chi connectivity index (χ0n) is 13.7. The van der Waals surface area contributed by atoms with Crippen molar-refractivity contribution in [1.29, 1.82) is 0 Å². The first-order chi connectivity index (χ1) is 9.36. The second-order valence-electron chi connectivity index (χ2n) is 8.12. The fourth-order valence-corrected chi connectivity index (χ4v) is 3.81. The molecule has 0 bridgehead atoms. The summed E-state index contributed by atoms with van der Waals surface area (Å²) in [6.07, 6.45) is 5.69. The van der Waals surface area contributed by atoms with Gasteiger partial charge in [0.25, 0.3) is 0 Å². The second-order valence-corrected chi connectivity index (χ2v) is 8.12. The van der Waals surface area contributed by atoms with Gasteiger partial charge in [-0.2, -0.15) is 0 Å². The lowest BCUT2D eigenvalue weighted by Gasteiger charge is -2.37. The van der Waals surface area contributed by atoms with E-state index in [-0.39, 0.29) is 5.92 Å². The van der Waals surface area contributed by atoms with E-state index in [0.29, 0.717) is 23.3 Å². The van der Waals surface area contributed by atoms with Crippen LogP contribution in [-0.2, 0) is 4.79 Å². The Balaban J connectivity index is 1.77. The summed E-state index contributed by atoms with van der Waals surface area (Å²) in [5, 5.41) is 6.68. The van der Waals surface area contributed by atoms with E-state index in [0.717, 1.165) is 38.3 Å². The third-order valence-electron chi connectivity index (χ3n) is 5.24. The first-order valence-electron chi connectivity index (χ1n) is 8.37. The minimum Gasteiger partial charge on any atom is -0.352 e. The standard InChI is InChI=1S/C17H32N2O/c1-12-9-15(11-18-10-12)19-16(20)13-5-7-14(8-6-13)17(2,3)4/h12-15,18H,5-11H2,1-4H3,(H,19,20). The molecule has 1 saturated heterocycles. The first-order valence-corrected chi connectivity index (χ1v) is 8.37.